The molecule has 0 spiro atoms. The third-order valence-electron chi connectivity index (χ3n) is 3.89. The molecule has 3 rings (SSSR count). The first-order chi connectivity index (χ1) is 11.9. The van der Waals surface area contributed by atoms with Crippen molar-refractivity contribution in [2.75, 3.05) is 11.9 Å². The van der Waals surface area contributed by atoms with E-state index in [0.717, 1.165) is 0 Å². The topological polar surface area (TPSA) is 119 Å². The van der Waals surface area contributed by atoms with E-state index in [2.05, 4.69) is 4.99 Å². The lowest BCUT2D eigenvalue weighted by Gasteiger charge is -2.16. The van der Waals surface area contributed by atoms with Gasteiger partial charge in [-0.1, -0.05) is 0 Å². The molecule has 126 valence electrons. The molecule has 1 aliphatic heterocycles. The van der Waals surface area contributed by atoms with Crippen LogP contribution in [0.4, 0.5) is 22.7 Å². The number of benzene rings is 2. The summed E-state index contributed by atoms with van der Waals surface area (Å²) in [6, 6.07) is 9.76. The maximum atomic E-state index is 12.4. The van der Waals surface area contributed by atoms with Crippen LogP contribution >= 0.6 is 0 Å². The quantitative estimate of drug-likeness (QED) is 0.628. The van der Waals surface area contributed by atoms with Crippen molar-refractivity contribution in [2.24, 2.45) is 4.99 Å². The number of anilines is 1. The van der Waals surface area contributed by atoms with Gasteiger partial charge < -0.3 is 4.90 Å². The predicted molar refractivity (Wildman–Crippen MR) is 90.4 cm³/mol. The summed E-state index contributed by atoms with van der Waals surface area (Å²) in [5.74, 6) is -0.232. The molecule has 0 saturated heterocycles. The minimum absolute atomic E-state index is 0.0171. The molecule has 0 radical (unpaired) electrons. The molecule has 1 amide bonds. The van der Waals surface area contributed by atoms with E-state index >= 15 is 0 Å². The van der Waals surface area contributed by atoms with Crippen LogP contribution in [0.15, 0.2) is 47.5 Å². The molecule has 0 fully saturated rings. The third kappa shape index (κ3) is 3.07. The van der Waals surface area contributed by atoms with Crippen molar-refractivity contribution in [3.63, 3.8) is 0 Å². The molecule has 0 bridgehead atoms. The van der Waals surface area contributed by atoms with Gasteiger partial charge in [0.1, 0.15) is 0 Å². The number of amides is 1. The van der Waals surface area contributed by atoms with Gasteiger partial charge in [-0.25, -0.2) is 4.99 Å². The molecule has 2 aromatic carbocycles. The Hall–Kier alpha value is -3.62. The third-order valence-corrected chi connectivity index (χ3v) is 3.89. The van der Waals surface area contributed by atoms with Crippen molar-refractivity contribution in [1.82, 2.24) is 0 Å². The number of carbonyl (C=O) groups is 1. The maximum absolute atomic E-state index is 12.4. The van der Waals surface area contributed by atoms with Crippen LogP contribution in [0.25, 0.3) is 0 Å². The van der Waals surface area contributed by atoms with Gasteiger partial charge in [0.15, 0.2) is 0 Å². The molecule has 0 unspecified atom stereocenters. The minimum Gasteiger partial charge on any atom is -0.313 e. The second kappa shape index (κ2) is 6.11. The smallest absolute Gasteiger partial charge is 0.271 e. The molecule has 0 saturated carbocycles. The fourth-order valence-corrected chi connectivity index (χ4v) is 2.52. The Kier molecular flexibility index (Phi) is 3.97. The fraction of sp³-hybridized carbons (Fsp3) is 0.125. The van der Waals surface area contributed by atoms with Crippen molar-refractivity contribution in [2.45, 2.75) is 6.42 Å². The highest BCUT2D eigenvalue weighted by Crippen LogP contribution is 2.35. The Morgan fingerprint density at radius 2 is 1.60 bits per heavy atom. The zero-order valence-corrected chi connectivity index (χ0v) is 13.1. The van der Waals surface area contributed by atoms with Crippen molar-refractivity contribution >= 4 is 34.4 Å². The van der Waals surface area contributed by atoms with Crippen LogP contribution in [0, 0.1) is 20.2 Å². The summed E-state index contributed by atoms with van der Waals surface area (Å²) in [6.45, 7) is 0. The van der Waals surface area contributed by atoms with Crippen LogP contribution in [0.5, 0.6) is 0 Å². The number of rotatable bonds is 3. The number of aliphatic imine (C=N–C) groups is 1. The van der Waals surface area contributed by atoms with Crippen molar-refractivity contribution < 1.29 is 14.6 Å². The zero-order chi connectivity index (χ0) is 18.1. The van der Waals surface area contributed by atoms with E-state index in [4.69, 9.17) is 0 Å². The average Bonchev–Trinajstić information content (AvgIpc) is 2.71. The van der Waals surface area contributed by atoms with Crippen LogP contribution in [0.2, 0.25) is 0 Å². The molecule has 9 heteroatoms. The Morgan fingerprint density at radius 1 is 1.00 bits per heavy atom. The van der Waals surface area contributed by atoms with E-state index in [1.165, 1.54) is 47.4 Å². The number of non-ortho nitro benzene ring substituents is 2. The Balaban J connectivity index is 2.10. The first kappa shape index (κ1) is 16.2. The molecule has 0 N–H and O–H groups in total. The first-order valence-corrected chi connectivity index (χ1v) is 7.24. The second-order valence-electron chi connectivity index (χ2n) is 5.42. The predicted octanol–water partition coefficient (Wildman–Crippen LogP) is 2.99. The summed E-state index contributed by atoms with van der Waals surface area (Å²) in [5, 5.41) is 21.7. The molecule has 1 aliphatic rings. The normalized spacial score (nSPS) is 13.7. The minimum atomic E-state index is -0.534. The van der Waals surface area contributed by atoms with Gasteiger partial charge in [-0.05, 0) is 23.8 Å². The summed E-state index contributed by atoms with van der Waals surface area (Å²) >= 11 is 0. The largest absolute Gasteiger partial charge is 0.313 e. The summed E-state index contributed by atoms with van der Waals surface area (Å²) in [5.41, 5.74) is 1.51. The van der Waals surface area contributed by atoms with E-state index in [1.807, 2.05) is 0 Å². The fourth-order valence-electron chi connectivity index (χ4n) is 2.52. The molecule has 2 aromatic rings. The molecular formula is C16H12N4O5. The van der Waals surface area contributed by atoms with E-state index in [1.54, 1.807) is 7.05 Å². The van der Waals surface area contributed by atoms with E-state index < -0.39 is 9.85 Å². The van der Waals surface area contributed by atoms with Crippen LogP contribution in [-0.2, 0) is 4.79 Å². The number of carbonyl (C=O) groups excluding carboxylic acids is 1. The lowest BCUT2D eigenvalue weighted by atomic mass is 10.1. The Labute approximate surface area is 141 Å². The second-order valence-corrected chi connectivity index (χ2v) is 5.42. The monoisotopic (exact) mass is 340 g/mol. The first-order valence-electron chi connectivity index (χ1n) is 7.24. The van der Waals surface area contributed by atoms with Gasteiger partial charge >= 0.3 is 0 Å². The Bertz CT molecular complexity index is 921. The molecule has 0 aliphatic carbocycles. The van der Waals surface area contributed by atoms with Gasteiger partial charge in [-0.3, -0.25) is 25.0 Å². The number of hydrogen-bond donors (Lipinski definition) is 0. The SMILES string of the molecule is CN1C(=O)CC(c2ccc([N+](=O)[O-])cc2)=Nc2cc([N+](=O)[O-])ccc21. The van der Waals surface area contributed by atoms with Gasteiger partial charge in [-0.15, -0.1) is 0 Å². The average molecular weight is 340 g/mol. The highest BCUT2D eigenvalue weighted by atomic mass is 16.6. The molecule has 0 atom stereocenters. The standard InChI is InChI=1S/C16H12N4O5/c1-18-15-7-6-12(20(24)25)8-14(15)17-13(9-16(18)21)10-2-4-11(5-3-10)19(22)23/h2-8H,9H2,1H3. The van der Waals surface area contributed by atoms with Crippen molar-refractivity contribution in [3.8, 4) is 0 Å². The molecule has 25 heavy (non-hydrogen) atoms. The van der Waals surface area contributed by atoms with E-state index in [0.29, 0.717) is 22.6 Å². The number of fused-ring (bicyclic) bond motifs is 1. The Morgan fingerprint density at radius 3 is 2.20 bits per heavy atom. The summed E-state index contributed by atoms with van der Waals surface area (Å²) in [6.07, 6.45) is -0.0171. The van der Waals surface area contributed by atoms with Crippen molar-refractivity contribution in [3.05, 3.63) is 68.3 Å². The molecule has 0 aromatic heterocycles. The summed E-state index contributed by atoms with van der Waals surface area (Å²) in [4.78, 5) is 38.8. The number of nitrogens with zero attached hydrogens (tertiary/aromatic N) is 4. The van der Waals surface area contributed by atoms with Gasteiger partial charge in [0.2, 0.25) is 5.91 Å². The van der Waals surface area contributed by atoms with E-state index in [9.17, 15) is 25.0 Å². The molecular weight excluding hydrogens is 328 g/mol. The van der Waals surface area contributed by atoms with Crippen molar-refractivity contribution in [1.29, 1.82) is 0 Å². The number of hydrogen-bond acceptors (Lipinski definition) is 6. The number of nitro groups is 2. The lowest BCUT2D eigenvalue weighted by molar-refractivity contribution is -0.385. The highest BCUT2D eigenvalue weighted by Gasteiger charge is 2.24. The maximum Gasteiger partial charge on any atom is 0.271 e. The van der Waals surface area contributed by atoms with Crippen LogP contribution < -0.4 is 4.90 Å². The zero-order valence-electron chi connectivity index (χ0n) is 13.1. The molecule has 9 nitrogen and oxygen atoms in total. The van der Waals surface area contributed by atoms with Gasteiger partial charge in [0.05, 0.1) is 33.4 Å². The highest BCUT2D eigenvalue weighted by molar-refractivity contribution is 6.17. The van der Waals surface area contributed by atoms with Crippen LogP contribution in [0.1, 0.15) is 12.0 Å². The number of nitro benzene ring substituents is 2. The lowest BCUT2D eigenvalue weighted by Crippen LogP contribution is -2.27. The van der Waals surface area contributed by atoms with Gasteiger partial charge in [0.25, 0.3) is 11.4 Å². The molecule has 1 heterocycles. The van der Waals surface area contributed by atoms with Gasteiger partial charge in [-0.2, -0.15) is 0 Å². The summed E-state index contributed by atoms with van der Waals surface area (Å²) < 4.78 is 0. The van der Waals surface area contributed by atoms with E-state index in [-0.39, 0.29) is 23.7 Å². The van der Waals surface area contributed by atoms with Gasteiger partial charge in [0, 0.05) is 31.3 Å². The summed E-state index contributed by atoms with van der Waals surface area (Å²) in [7, 11) is 1.57. The van der Waals surface area contributed by atoms with Crippen LogP contribution in [0.3, 0.4) is 0 Å². The van der Waals surface area contributed by atoms with Crippen LogP contribution in [-0.4, -0.2) is 28.5 Å².